The van der Waals surface area contributed by atoms with Crippen molar-refractivity contribution in [1.29, 1.82) is 0 Å². The molecule has 0 aliphatic carbocycles. The number of thiophene rings is 1. The Balaban J connectivity index is 1.41. The van der Waals surface area contributed by atoms with Gasteiger partial charge < -0.3 is 10.1 Å². The minimum atomic E-state index is -0.243. The lowest BCUT2D eigenvalue weighted by Crippen LogP contribution is -2.23. The van der Waals surface area contributed by atoms with Crippen LogP contribution in [0.3, 0.4) is 0 Å². The van der Waals surface area contributed by atoms with E-state index >= 15 is 0 Å². The van der Waals surface area contributed by atoms with Crippen molar-refractivity contribution in [3.63, 3.8) is 0 Å². The molecule has 0 bridgehead atoms. The van der Waals surface area contributed by atoms with E-state index in [9.17, 15) is 9.18 Å². The summed E-state index contributed by atoms with van der Waals surface area (Å²) in [6.45, 7) is 1.27. The lowest BCUT2D eigenvalue weighted by Gasteiger charge is -2.12. The van der Waals surface area contributed by atoms with E-state index < -0.39 is 0 Å². The van der Waals surface area contributed by atoms with Crippen molar-refractivity contribution >= 4 is 39.1 Å². The predicted molar refractivity (Wildman–Crippen MR) is 109 cm³/mol. The Kier molecular flexibility index (Phi) is 5.76. The summed E-state index contributed by atoms with van der Waals surface area (Å²) in [7, 11) is 0. The molecule has 1 aromatic heterocycles. The van der Waals surface area contributed by atoms with Gasteiger partial charge in [-0.15, -0.1) is 23.1 Å². The maximum absolute atomic E-state index is 13.3. The van der Waals surface area contributed by atoms with E-state index in [1.54, 1.807) is 29.2 Å². The van der Waals surface area contributed by atoms with E-state index in [1.165, 1.54) is 12.1 Å². The highest BCUT2D eigenvalue weighted by molar-refractivity contribution is 7.99. The van der Waals surface area contributed by atoms with Crippen molar-refractivity contribution in [1.82, 2.24) is 5.32 Å². The summed E-state index contributed by atoms with van der Waals surface area (Å²) < 4.78 is 20.0. The molecule has 0 saturated carbocycles. The Morgan fingerprint density at radius 3 is 3.00 bits per heavy atom. The van der Waals surface area contributed by atoms with Gasteiger partial charge in [-0.2, -0.15) is 0 Å². The molecule has 1 N–H and O–H groups in total. The topological polar surface area (TPSA) is 38.3 Å². The van der Waals surface area contributed by atoms with Gasteiger partial charge in [0.2, 0.25) is 0 Å². The molecule has 0 radical (unpaired) electrons. The van der Waals surface area contributed by atoms with Gasteiger partial charge in [0.25, 0.3) is 5.91 Å². The Bertz CT molecular complexity index is 950. The monoisotopic (exact) mass is 401 g/mol. The molecule has 3 aromatic rings. The minimum Gasteiger partial charge on any atom is -0.377 e. The number of ether oxygens (including phenoxy) is 1. The summed E-state index contributed by atoms with van der Waals surface area (Å²) in [5, 5.41) is 3.86. The van der Waals surface area contributed by atoms with E-state index in [1.807, 2.05) is 30.3 Å². The van der Waals surface area contributed by atoms with Crippen LogP contribution in [0.5, 0.6) is 0 Å². The van der Waals surface area contributed by atoms with Crippen molar-refractivity contribution in [2.75, 3.05) is 12.4 Å². The van der Waals surface area contributed by atoms with Crippen LogP contribution >= 0.6 is 23.1 Å². The Hall–Kier alpha value is -1.89. The van der Waals surface area contributed by atoms with Crippen LogP contribution in [0.1, 0.15) is 28.1 Å². The van der Waals surface area contributed by atoms with Gasteiger partial charge in [-0.1, -0.05) is 12.1 Å². The summed E-state index contributed by atoms with van der Waals surface area (Å²) in [5.74, 6) is 0.536. The zero-order valence-corrected chi connectivity index (χ0v) is 16.4. The molecule has 1 fully saturated rings. The van der Waals surface area contributed by atoms with Gasteiger partial charge in [0.15, 0.2) is 0 Å². The highest BCUT2D eigenvalue weighted by atomic mass is 32.2. The molecule has 1 aliphatic heterocycles. The van der Waals surface area contributed by atoms with Gasteiger partial charge in [0.05, 0.1) is 18.2 Å². The maximum atomic E-state index is 13.3. The second kappa shape index (κ2) is 8.42. The maximum Gasteiger partial charge on any atom is 0.252 e. The van der Waals surface area contributed by atoms with E-state index in [-0.39, 0.29) is 17.8 Å². The van der Waals surface area contributed by atoms with Crippen LogP contribution in [0, 0.1) is 5.82 Å². The van der Waals surface area contributed by atoms with Crippen LogP contribution in [0.4, 0.5) is 4.39 Å². The highest BCUT2D eigenvalue weighted by Crippen LogP contribution is 2.28. The number of amides is 1. The van der Waals surface area contributed by atoms with Gasteiger partial charge in [0, 0.05) is 26.8 Å². The first kappa shape index (κ1) is 18.5. The fraction of sp³-hybridized carbons (Fsp3) is 0.286. The van der Waals surface area contributed by atoms with E-state index in [2.05, 4.69) is 5.32 Å². The number of rotatable bonds is 6. The largest absolute Gasteiger partial charge is 0.377 e. The number of fused-ring (bicyclic) bond motifs is 1. The second-order valence-corrected chi connectivity index (χ2v) is 8.75. The van der Waals surface area contributed by atoms with Crippen LogP contribution in [-0.2, 0) is 11.3 Å². The Morgan fingerprint density at radius 1 is 1.26 bits per heavy atom. The molecule has 1 amide bonds. The van der Waals surface area contributed by atoms with Crippen molar-refractivity contribution in [3.05, 3.63) is 64.8 Å². The molecular formula is C21H20FNO2S2. The summed E-state index contributed by atoms with van der Waals surface area (Å²) >= 11 is 3.25. The van der Waals surface area contributed by atoms with Crippen molar-refractivity contribution in [3.8, 4) is 0 Å². The first-order valence-electron chi connectivity index (χ1n) is 8.98. The summed E-state index contributed by atoms with van der Waals surface area (Å²) in [5.41, 5.74) is 0.688. The highest BCUT2D eigenvalue weighted by Gasteiger charge is 2.18. The number of benzene rings is 2. The predicted octanol–water partition coefficient (Wildman–Crippen LogP) is 5.24. The SMILES string of the molecule is O=C(NCc1cc2cc(F)ccc2s1)c1ccccc1SC[C@@H]1CCCO1. The average Bonchev–Trinajstić information content (AvgIpc) is 3.33. The summed E-state index contributed by atoms with van der Waals surface area (Å²) in [4.78, 5) is 14.7. The lowest BCUT2D eigenvalue weighted by atomic mass is 10.2. The first-order valence-corrected chi connectivity index (χ1v) is 10.8. The number of halogens is 1. The smallest absolute Gasteiger partial charge is 0.252 e. The Labute approximate surface area is 165 Å². The second-order valence-electron chi connectivity index (χ2n) is 6.52. The van der Waals surface area contributed by atoms with Crippen LogP contribution < -0.4 is 5.32 Å². The first-order chi connectivity index (χ1) is 13.2. The molecule has 0 unspecified atom stereocenters. The van der Waals surface area contributed by atoms with Gasteiger partial charge in [-0.25, -0.2) is 4.39 Å². The quantitative estimate of drug-likeness (QED) is 0.574. The van der Waals surface area contributed by atoms with Crippen molar-refractivity contribution in [2.24, 2.45) is 0 Å². The number of hydrogen-bond acceptors (Lipinski definition) is 4. The van der Waals surface area contributed by atoms with Crippen LogP contribution in [0.15, 0.2) is 53.4 Å². The van der Waals surface area contributed by atoms with Crippen LogP contribution in [0.2, 0.25) is 0 Å². The zero-order chi connectivity index (χ0) is 18.6. The fourth-order valence-corrected chi connectivity index (χ4v) is 5.26. The van der Waals surface area contributed by atoms with Gasteiger partial charge >= 0.3 is 0 Å². The third-order valence-corrected chi connectivity index (χ3v) is 6.85. The zero-order valence-electron chi connectivity index (χ0n) is 14.7. The average molecular weight is 402 g/mol. The van der Waals surface area contributed by atoms with Gasteiger partial charge in [-0.05, 0) is 54.6 Å². The number of nitrogens with one attached hydrogen (secondary N) is 1. The van der Waals surface area contributed by atoms with E-state index in [0.29, 0.717) is 12.1 Å². The number of carbonyl (C=O) groups excluding carboxylic acids is 1. The van der Waals surface area contributed by atoms with Crippen LogP contribution in [-0.4, -0.2) is 24.4 Å². The molecule has 2 aromatic carbocycles. The molecule has 6 heteroatoms. The summed E-state index contributed by atoms with van der Waals surface area (Å²) in [6, 6.07) is 14.4. The molecule has 1 atom stereocenters. The molecule has 1 saturated heterocycles. The van der Waals surface area contributed by atoms with E-state index in [0.717, 1.165) is 45.1 Å². The van der Waals surface area contributed by atoms with Crippen molar-refractivity contribution in [2.45, 2.75) is 30.4 Å². The van der Waals surface area contributed by atoms with Gasteiger partial charge in [-0.3, -0.25) is 4.79 Å². The molecule has 27 heavy (non-hydrogen) atoms. The molecular weight excluding hydrogens is 381 g/mol. The molecule has 140 valence electrons. The van der Waals surface area contributed by atoms with Gasteiger partial charge in [0.1, 0.15) is 5.82 Å². The third-order valence-electron chi connectivity index (χ3n) is 4.53. The van der Waals surface area contributed by atoms with E-state index in [4.69, 9.17) is 4.74 Å². The molecule has 4 rings (SSSR count). The third kappa shape index (κ3) is 4.51. The van der Waals surface area contributed by atoms with Crippen LogP contribution in [0.25, 0.3) is 10.1 Å². The molecule has 3 nitrogen and oxygen atoms in total. The lowest BCUT2D eigenvalue weighted by molar-refractivity contribution is 0.0948. The molecule has 0 spiro atoms. The fourth-order valence-electron chi connectivity index (χ4n) is 3.16. The number of carbonyl (C=O) groups is 1. The molecule has 2 heterocycles. The summed E-state index contributed by atoms with van der Waals surface area (Å²) in [6.07, 6.45) is 2.49. The minimum absolute atomic E-state index is 0.0888. The van der Waals surface area contributed by atoms with Crippen molar-refractivity contribution < 1.29 is 13.9 Å². The number of hydrogen-bond donors (Lipinski definition) is 1. The standard InChI is InChI=1S/C21H20FNO2S2/c22-15-7-8-19-14(10-15)11-17(27-19)12-23-21(24)18-5-1-2-6-20(18)26-13-16-4-3-9-25-16/h1-2,5-8,10-11,16H,3-4,9,12-13H2,(H,23,24)/t16-/m0/s1. The number of thioether (sulfide) groups is 1. The molecule has 1 aliphatic rings. The normalized spacial score (nSPS) is 16.7. The Morgan fingerprint density at radius 2 is 2.15 bits per heavy atom.